The fraction of sp³-hybridized carbons (Fsp3) is 0.286. The molecule has 1 aromatic carbocycles. The number of hydrogen-bond donors (Lipinski definition) is 1. The quantitative estimate of drug-likeness (QED) is 0.643. The van der Waals surface area contributed by atoms with Gasteiger partial charge in [-0.2, -0.15) is 0 Å². The highest BCUT2D eigenvalue weighted by Crippen LogP contribution is 2.17. The molecule has 2 rings (SSSR count). The summed E-state index contributed by atoms with van der Waals surface area (Å²) in [5, 5.41) is 10.7. The number of carbonyl (C=O) groups is 2. The van der Waals surface area contributed by atoms with Crippen LogP contribution in [0.2, 0.25) is 0 Å². The van der Waals surface area contributed by atoms with Gasteiger partial charge >= 0.3 is 5.97 Å². The van der Waals surface area contributed by atoms with E-state index >= 15 is 0 Å². The molecule has 0 aliphatic heterocycles. The highest BCUT2D eigenvalue weighted by molar-refractivity contribution is 7.99. The molecule has 0 aliphatic carbocycles. The van der Waals surface area contributed by atoms with Crippen molar-refractivity contribution in [2.45, 2.75) is 18.6 Å². The maximum absolute atomic E-state index is 11.8. The highest BCUT2D eigenvalue weighted by atomic mass is 32.2. The molecule has 0 atom stereocenters. The Hall–Kier alpha value is -2.35. The lowest BCUT2D eigenvalue weighted by atomic mass is 10.2. The summed E-state index contributed by atoms with van der Waals surface area (Å²) in [7, 11) is 1.32. The molecule has 1 amide bonds. The summed E-state index contributed by atoms with van der Waals surface area (Å²) in [6, 6.07) is 6.44. The maximum Gasteiger partial charge on any atom is 0.337 e. The topological polar surface area (TPSA) is 94.3 Å². The summed E-state index contributed by atoms with van der Waals surface area (Å²) in [6.45, 7) is 1.91. The number of benzene rings is 1. The highest BCUT2D eigenvalue weighted by Gasteiger charge is 2.10. The van der Waals surface area contributed by atoms with Crippen molar-refractivity contribution in [3.05, 3.63) is 35.7 Å². The van der Waals surface area contributed by atoms with Crippen molar-refractivity contribution in [2.24, 2.45) is 0 Å². The predicted molar refractivity (Wildman–Crippen MR) is 80.8 cm³/mol. The number of methoxy groups -OCH3 is 1. The molecule has 1 aromatic heterocycles. The van der Waals surface area contributed by atoms with E-state index in [4.69, 9.17) is 4.42 Å². The SMILES string of the molecule is CCc1nnc(SCC(=O)Nc2ccc(C(=O)OC)cc2)o1. The number of amides is 1. The Morgan fingerprint density at radius 3 is 2.59 bits per heavy atom. The summed E-state index contributed by atoms with van der Waals surface area (Å²) in [5.74, 6) is 0.0781. The van der Waals surface area contributed by atoms with Crippen molar-refractivity contribution < 1.29 is 18.7 Å². The minimum absolute atomic E-state index is 0.157. The largest absolute Gasteiger partial charge is 0.465 e. The van der Waals surface area contributed by atoms with Gasteiger partial charge in [-0.05, 0) is 24.3 Å². The smallest absolute Gasteiger partial charge is 0.337 e. The van der Waals surface area contributed by atoms with Gasteiger partial charge in [0.15, 0.2) is 0 Å². The number of aryl methyl sites for hydroxylation is 1. The van der Waals surface area contributed by atoms with Gasteiger partial charge < -0.3 is 14.5 Å². The van der Waals surface area contributed by atoms with Crippen LogP contribution in [0.5, 0.6) is 0 Å². The van der Waals surface area contributed by atoms with Crippen LogP contribution < -0.4 is 5.32 Å². The molecule has 2 aromatic rings. The second-order valence-corrected chi connectivity index (χ2v) is 5.15. The van der Waals surface area contributed by atoms with E-state index in [-0.39, 0.29) is 11.7 Å². The monoisotopic (exact) mass is 321 g/mol. The zero-order valence-electron chi connectivity index (χ0n) is 12.2. The van der Waals surface area contributed by atoms with Gasteiger partial charge in [-0.15, -0.1) is 10.2 Å². The molecule has 1 N–H and O–H groups in total. The first-order chi connectivity index (χ1) is 10.6. The van der Waals surface area contributed by atoms with Crippen LogP contribution in [0.3, 0.4) is 0 Å². The number of rotatable bonds is 6. The van der Waals surface area contributed by atoms with Crippen molar-refractivity contribution >= 4 is 29.3 Å². The van der Waals surface area contributed by atoms with E-state index < -0.39 is 5.97 Å². The average molecular weight is 321 g/mol. The number of aromatic nitrogens is 2. The molecule has 8 heteroatoms. The lowest BCUT2D eigenvalue weighted by Crippen LogP contribution is -2.14. The van der Waals surface area contributed by atoms with Crippen LogP contribution in [0.4, 0.5) is 5.69 Å². The molecular weight excluding hydrogens is 306 g/mol. The zero-order chi connectivity index (χ0) is 15.9. The summed E-state index contributed by atoms with van der Waals surface area (Å²) >= 11 is 1.17. The number of thioether (sulfide) groups is 1. The Morgan fingerprint density at radius 1 is 1.27 bits per heavy atom. The van der Waals surface area contributed by atoms with E-state index in [0.717, 1.165) is 0 Å². The molecule has 0 radical (unpaired) electrons. The van der Waals surface area contributed by atoms with Crippen LogP contribution in [0.1, 0.15) is 23.2 Å². The van der Waals surface area contributed by atoms with Crippen molar-refractivity contribution in [2.75, 3.05) is 18.2 Å². The van der Waals surface area contributed by atoms with Gasteiger partial charge in [-0.1, -0.05) is 18.7 Å². The number of nitrogens with zero attached hydrogens (tertiary/aromatic N) is 2. The predicted octanol–water partition coefficient (Wildman–Crippen LogP) is 2.15. The lowest BCUT2D eigenvalue weighted by Gasteiger charge is -2.05. The number of ether oxygens (including phenoxy) is 1. The van der Waals surface area contributed by atoms with E-state index in [9.17, 15) is 9.59 Å². The van der Waals surface area contributed by atoms with Gasteiger partial charge in [0, 0.05) is 12.1 Å². The number of nitrogens with one attached hydrogen (secondary N) is 1. The Labute approximate surface area is 131 Å². The van der Waals surface area contributed by atoms with Gasteiger partial charge in [0.2, 0.25) is 11.8 Å². The van der Waals surface area contributed by atoms with Gasteiger partial charge in [0.1, 0.15) is 0 Å². The van der Waals surface area contributed by atoms with Crippen LogP contribution in [-0.4, -0.2) is 34.9 Å². The molecule has 0 spiro atoms. The van der Waals surface area contributed by atoms with E-state index in [0.29, 0.717) is 28.8 Å². The van der Waals surface area contributed by atoms with Crippen LogP contribution in [0.25, 0.3) is 0 Å². The summed E-state index contributed by atoms with van der Waals surface area (Å²) < 4.78 is 9.90. The number of hydrogen-bond acceptors (Lipinski definition) is 7. The fourth-order valence-electron chi connectivity index (χ4n) is 1.57. The van der Waals surface area contributed by atoms with Gasteiger partial charge in [-0.3, -0.25) is 4.79 Å². The average Bonchev–Trinajstić information content (AvgIpc) is 3.01. The molecule has 7 nitrogen and oxygen atoms in total. The maximum atomic E-state index is 11.8. The number of esters is 1. The lowest BCUT2D eigenvalue weighted by molar-refractivity contribution is -0.113. The fourth-order valence-corrected chi connectivity index (χ4v) is 2.15. The third-order valence-electron chi connectivity index (χ3n) is 2.67. The minimum Gasteiger partial charge on any atom is -0.465 e. The van der Waals surface area contributed by atoms with Crippen molar-refractivity contribution in [1.82, 2.24) is 10.2 Å². The molecule has 0 fully saturated rings. The third-order valence-corrected chi connectivity index (χ3v) is 3.49. The third kappa shape index (κ3) is 4.32. The molecule has 116 valence electrons. The van der Waals surface area contributed by atoms with Crippen molar-refractivity contribution in [3.8, 4) is 0 Å². The van der Waals surface area contributed by atoms with Gasteiger partial charge in [0.05, 0.1) is 18.4 Å². The Morgan fingerprint density at radius 2 is 2.00 bits per heavy atom. The normalized spacial score (nSPS) is 10.3. The molecule has 0 aliphatic rings. The van der Waals surface area contributed by atoms with Gasteiger partial charge in [-0.25, -0.2) is 4.79 Å². The second kappa shape index (κ2) is 7.60. The Kier molecular flexibility index (Phi) is 5.54. The second-order valence-electron chi connectivity index (χ2n) is 4.22. The molecule has 0 saturated heterocycles. The molecule has 0 bridgehead atoms. The molecule has 0 unspecified atom stereocenters. The molecule has 1 heterocycles. The number of anilines is 1. The summed E-state index contributed by atoms with van der Waals surface area (Å²) in [4.78, 5) is 23.1. The van der Waals surface area contributed by atoms with Gasteiger partial charge in [0.25, 0.3) is 5.22 Å². The van der Waals surface area contributed by atoms with E-state index in [1.165, 1.54) is 18.9 Å². The van der Waals surface area contributed by atoms with E-state index in [1.54, 1.807) is 24.3 Å². The van der Waals surface area contributed by atoms with Crippen LogP contribution >= 0.6 is 11.8 Å². The van der Waals surface area contributed by atoms with Crippen LogP contribution in [-0.2, 0) is 16.0 Å². The van der Waals surface area contributed by atoms with E-state index in [1.807, 2.05) is 6.92 Å². The Balaban J connectivity index is 1.85. The zero-order valence-corrected chi connectivity index (χ0v) is 13.0. The first kappa shape index (κ1) is 16.0. The minimum atomic E-state index is -0.420. The van der Waals surface area contributed by atoms with Crippen molar-refractivity contribution in [3.63, 3.8) is 0 Å². The molecule has 0 saturated carbocycles. The molecular formula is C14H15N3O4S. The Bertz CT molecular complexity index is 654. The van der Waals surface area contributed by atoms with Crippen LogP contribution in [0.15, 0.2) is 33.9 Å². The van der Waals surface area contributed by atoms with E-state index in [2.05, 4.69) is 20.3 Å². The molecule has 22 heavy (non-hydrogen) atoms. The standard InChI is InChI=1S/C14H15N3O4S/c1-3-12-16-17-14(21-12)22-8-11(18)15-10-6-4-9(5-7-10)13(19)20-2/h4-7H,3,8H2,1-2H3,(H,15,18). The first-order valence-corrected chi connectivity index (χ1v) is 7.54. The summed E-state index contributed by atoms with van der Waals surface area (Å²) in [5.41, 5.74) is 1.02. The number of carbonyl (C=O) groups excluding carboxylic acids is 2. The first-order valence-electron chi connectivity index (χ1n) is 6.55. The summed E-state index contributed by atoms with van der Waals surface area (Å²) in [6.07, 6.45) is 0.659. The van der Waals surface area contributed by atoms with Crippen molar-refractivity contribution in [1.29, 1.82) is 0 Å². The van der Waals surface area contributed by atoms with Crippen LogP contribution in [0, 0.1) is 0 Å².